The standard InChI is InChI=1S/C26H27N3O3/c1-19(30)17-27-22-15-16-29(18-22)23-11-9-21(10-12-23)28-26(31)20-7-13-25(14-8-20)32-24-5-3-2-4-6-24/h2-14,22,27H,15-18H2,1H3,(H,28,31). The van der Waals surface area contributed by atoms with Gasteiger partial charge in [0.2, 0.25) is 0 Å². The highest BCUT2D eigenvalue weighted by Gasteiger charge is 2.22. The summed E-state index contributed by atoms with van der Waals surface area (Å²) in [4.78, 5) is 26.0. The van der Waals surface area contributed by atoms with Gasteiger partial charge in [0.05, 0.1) is 6.54 Å². The number of Topliss-reactive ketones (excluding diaryl/α,β-unsaturated/α-hetero) is 1. The lowest BCUT2D eigenvalue weighted by molar-refractivity contribution is -0.116. The third kappa shape index (κ3) is 5.74. The van der Waals surface area contributed by atoms with Crippen LogP contribution in [0.2, 0.25) is 0 Å². The first kappa shape index (κ1) is 21.6. The summed E-state index contributed by atoms with van der Waals surface area (Å²) in [7, 11) is 0. The molecule has 1 atom stereocenters. The Balaban J connectivity index is 1.30. The van der Waals surface area contributed by atoms with Gasteiger partial charge in [-0.25, -0.2) is 0 Å². The van der Waals surface area contributed by atoms with Crippen molar-refractivity contribution >= 4 is 23.1 Å². The van der Waals surface area contributed by atoms with Crippen LogP contribution < -0.4 is 20.3 Å². The second-order valence-electron chi connectivity index (χ2n) is 7.96. The molecule has 0 bridgehead atoms. The maximum absolute atomic E-state index is 12.6. The van der Waals surface area contributed by atoms with E-state index in [9.17, 15) is 9.59 Å². The number of amides is 1. The van der Waals surface area contributed by atoms with Crippen LogP contribution in [0, 0.1) is 0 Å². The Labute approximate surface area is 188 Å². The first-order valence-electron chi connectivity index (χ1n) is 10.8. The average molecular weight is 430 g/mol. The number of para-hydroxylation sites is 1. The fourth-order valence-corrected chi connectivity index (χ4v) is 3.71. The lowest BCUT2D eigenvalue weighted by Gasteiger charge is -2.19. The van der Waals surface area contributed by atoms with Gasteiger partial charge < -0.3 is 20.3 Å². The second kappa shape index (κ2) is 10.1. The minimum Gasteiger partial charge on any atom is -0.457 e. The maximum atomic E-state index is 12.6. The fraction of sp³-hybridized carbons (Fsp3) is 0.231. The quantitative estimate of drug-likeness (QED) is 0.552. The smallest absolute Gasteiger partial charge is 0.255 e. The first-order chi connectivity index (χ1) is 15.6. The summed E-state index contributed by atoms with van der Waals surface area (Å²) < 4.78 is 5.77. The van der Waals surface area contributed by atoms with E-state index in [1.807, 2.05) is 54.6 Å². The van der Waals surface area contributed by atoms with E-state index in [1.54, 1.807) is 31.2 Å². The molecule has 6 nitrogen and oxygen atoms in total. The van der Waals surface area contributed by atoms with E-state index in [-0.39, 0.29) is 11.7 Å². The Morgan fingerprint density at radius 2 is 1.62 bits per heavy atom. The van der Waals surface area contributed by atoms with Crippen molar-refractivity contribution < 1.29 is 14.3 Å². The molecule has 1 fully saturated rings. The molecule has 2 N–H and O–H groups in total. The van der Waals surface area contributed by atoms with Gasteiger partial charge >= 0.3 is 0 Å². The number of benzene rings is 3. The van der Waals surface area contributed by atoms with E-state index < -0.39 is 0 Å². The van der Waals surface area contributed by atoms with Crippen molar-refractivity contribution in [3.63, 3.8) is 0 Å². The van der Waals surface area contributed by atoms with Gasteiger partial charge in [0, 0.05) is 36.1 Å². The SMILES string of the molecule is CC(=O)CNC1CCN(c2ccc(NC(=O)c3ccc(Oc4ccccc4)cc3)cc2)C1. The summed E-state index contributed by atoms with van der Waals surface area (Å²) in [6.07, 6.45) is 1.01. The van der Waals surface area contributed by atoms with E-state index in [0.717, 1.165) is 36.6 Å². The average Bonchev–Trinajstić information content (AvgIpc) is 3.28. The second-order valence-corrected chi connectivity index (χ2v) is 7.96. The van der Waals surface area contributed by atoms with Crippen LogP contribution in [0.25, 0.3) is 0 Å². The molecule has 3 aromatic carbocycles. The van der Waals surface area contributed by atoms with Crippen molar-refractivity contribution in [2.45, 2.75) is 19.4 Å². The molecule has 0 spiro atoms. The molecule has 1 saturated heterocycles. The number of carbonyl (C=O) groups is 2. The minimum absolute atomic E-state index is 0.155. The van der Waals surface area contributed by atoms with Crippen LogP contribution in [0.4, 0.5) is 11.4 Å². The van der Waals surface area contributed by atoms with Crippen LogP contribution in [-0.2, 0) is 4.79 Å². The zero-order chi connectivity index (χ0) is 22.3. The Kier molecular flexibility index (Phi) is 6.82. The van der Waals surface area contributed by atoms with Crippen LogP contribution in [0.1, 0.15) is 23.7 Å². The summed E-state index contributed by atoms with van der Waals surface area (Å²) in [6, 6.07) is 24.8. The molecular weight excluding hydrogens is 402 g/mol. The molecule has 1 heterocycles. The van der Waals surface area contributed by atoms with Gasteiger partial charge in [-0.05, 0) is 74.0 Å². The van der Waals surface area contributed by atoms with Crippen molar-refractivity contribution in [2.24, 2.45) is 0 Å². The molecular formula is C26H27N3O3. The number of ether oxygens (including phenoxy) is 1. The Morgan fingerprint density at radius 3 is 2.31 bits per heavy atom. The number of nitrogens with zero attached hydrogens (tertiary/aromatic N) is 1. The molecule has 1 amide bonds. The van der Waals surface area contributed by atoms with Crippen LogP contribution in [-0.4, -0.2) is 37.4 Å². The molecule has 0 saturated carbocycles. The van der Waals surface area contributed by atoms with E-state index in [1.165, 1.54) is 0 Å². The summed E-state index contributed by atoms with van der Waals surface area (Å²) in [5.74, 6) is 1.42. The molecule has 1 aliphatic rings. The molecule has 1 unspecified atom stereocenters. The zero-order valence-electron chi connectivity index (χ0n) is 18.1. The van der Waals surface area contributed by atoms with Gasteiger partial charge in [-0.15, -0.1) is 0 Å². The molecule has 6 heteroatoms. The highest BCUT2D eigenvalue weighted by molar-refractivity contribution is 6.04. The maximum Gasteiger partial charge on any atom is 0.255 e. The monoisotopic (exact) mass is 429 g/mol. The van der Waals surface area contributed by atoms with Gasteiger partial charge in [0.1, 0.15) is 17.3 Å². The normalized spacial score (nSPS) is 15.4. The first-order valence-corrected chi connectivity index (χ1v) is 10.8. The van der Waals surface area contributed by atoms with Gasteiger partial charge in [-0.2, -0.15) is 0 Å². The summed E-state index contributed by atoms with van der Waals surface area (Å²) >= 11 is 0. The van der Waals surface area contributed by atoms with E-state index >= 15 is 0 Å². The van der Waals surface area contributed by atoms with Crippen molar-refractivity contribution in [1.82, 2.24) is 5.32 Å². The minimum atomic E-state index is -0.168. The molecule has 3 aromatic rings. The third-order valence-electron chi connectivity index (χ3n) is 5.41. The predicted octanol–water partition coefficient (Wildman–Crippen LogP) is 4.49. The number of carbonyl (C=O) groups excluding carboxylic acids is 2. The van der Waals surface area contributed by atoms with Gasteiger partial charge in [-0.1, -0.05) is 18.2 Å². The third-order valence-corrected chi connectivity index (χ3v) is 5.41. The van der Waals surface area contributed by atoms with Crippen molar-refractivity contribution in [2.75, 3.05) is 29.9 Å². The van der Waals surface area contributed by atoms with Crippen molar-refractivity contribution in [3.8, 4) is 11.5 Å². The molecule has 164 valence electrons. The highest BCUT2D eigenvalue weighted by atomic mass is 16.5. The number of rotatable bonds is 8. The number of hydrogen-bond donors (Lipinski definition) is 2. The summed E-state index contributed by atoms with van der Waals surface area (Å²) in [5.41, 5.74) is 2.42. The van der Waals surface area contributed by atoms with Gasteiger partial charge in [-0.3, -0.25) is 9.59 Å². The van der Waals surface area contributed by atoms with Gasteiger partial charge in [0.15, 0.2) is 0 Å². The fourth-order valence-electron chi connectivity index (χ4n) is 3.71. The molecule has 0 radical (unpaired) electrons. The topological polar surface area (TPSA) is 70.7 Å². The Bertz CT molecular complexity index is 1050. The lowest BCUT2D eigenvalue weighted by atomic mass is 10.2. The Hall–Kier alpha value is -3.64. The lowest BCUT2D eigenvalue weighted by Crippen LogP contribution is -2.35. The molecule has 32 heavy (non-hydrogen) atoms. The zero-order valence-corrected chi connectivity index (χ0v) is 18.1. The molecule has 4 rings (SSSR count). The van der Waals surface area contributed by atoms with E-state index in [4.69, 9.17) is 4.74 Å². The molecule has 0 aromatic heterocycles. The van der Waals surface area contributed by atoms with Crippen molar-refractivity contribution in [3.05, 3.63) is 84.4 Å². The van der Waals surface area contributed by atoms with Crippen LogP contribution >= 0.6 is 0 Å². The number of ketones is 1. The number of anilines is 2. The molecule has 0 aliphatic carbocycles. The number of nitrogens with one attached hydrogen (secondary N) is 2. The van der Waals surface area contributed by atoms with Crippen molar-refractivity contribution in [1.29, 1.82) is 0 Å². The summed E-state index contributed by atoms with van der Waals surface area (Å²) in [6.45, 7) is 3.83. The van der Waals surface area contributed by atoms with Crippen LogP contribution in [0.3, 0.4) is 0 Å². The predicted molar refractivity (Wildman–Crippen MR) is 127 cm³/mol. The van der Waals surface area contributed by atoms with E-state index in [2.05, 4.69) is 15.5 Å². The van der Waals surface area contributed by atoms with E-state index in [0.29, 0.717) is 23.9 Å². The summed E-state index contributed by atoms with van der Waals surface area (Å²) in [5, 5.41) is 6.24. The highest BCUT2D eigenvalue weighted by Crippen LogP contribution is 2.24. The largest absolute Gasteiger partial charge is 0.457 e. The number of hydrogen-bond acceptors (Lipinski definition) is 5. The van der Waals surface area contributed by atoms with Gasteiger partial charge in [0.25, 0.3) is 5.91 Å². The van der Waals surface area contributed by atoms with Crippen LogP contribution in [0.5, 0.6) is 11.5 Å². The molecule has 1 aliphatic heterocycles. The Morgan fingerprint density at radius 1 is 0.938 bits per heavy atom. The van der Waals surface area contributed by atoms with Crippen LogP contribution in [0.15, 0.2) is 78.9 Å².